The largest absolute Gasteiger partial charge is 0.510 e. The minimum absolute atomic E-state index is 0.0239. The lowest BCUT2D eigenvalue weighted by Crippen LogP contribution is -2.48. The number of esters is 1. The molecule has 0 aliphatic carbocycles. The normalized spacial score (nSPS) is 11.7. The van der Waals surface area contributed by atoms with E-state index in [1.807, 2.05) is 57.2 Å². The van der Waals surface area contributed by atoms with Crippen LogP contribution in [-0.4, -0.2) is 96.5 Å². The van der Waals surface area contributed by atoms with Gasteiger partial charge in [0, 0.05) is 18.5 Å². The van der Waals surface area contributed by atoms with Crippen LogP contribution in [0.3, 0.4) is 0 Å². The van der Waals surface area contributed by atoms with Crippen molar-refractivity contribution < 1.29 is 53.2 Å². The summed E-state index contributed by atoms with van der Waals surface area (Å²) in [4.78, 5) is 69.0. The number of amides is 1. The van der Waals surface area contributed by atoms with Gasteiger partial charge in [-0.2, -0.15) is 5.12 Å². The predicted molar refractivity (Wildman–Crippen MR) is 192 cm³/mol. The molecule has 1 atom stereocenters. The molecular weight excluding hydrogens is 714 g/mol. The summed E-state index contributed by atoms with van der Waals surface area (Å²) >= 11 is 0. The Hall–Kier alpha value is -5.76. The monoisotopic (exact) mass is 763 g/mol. The van der Waals surface area contributed by atoms with Crippen molar-refractivity contribution in [2.24, 2.45) is 22.6 Å². The third-order valence-electron chi connectivity index (χ3n) is 7.50. The molecule has 0 aromatic heterocycles. The highest BCUT2D eigenvalue weighted by molar-refractivity contribution is 6.03. The van der Waals surface area contributed by atoms with Crippen LogP contribution in [0.2, 0.25) is 0 Å². The first-order valence-electron chi connectivity index (χ1n) is 17.3. The lowest BCUT2D eigenvalue weighted by atomic mass is 9.97. The van der Waals surface area contributed by atoms with Crippen LogP contribution in [0.4, 0.5) is 4.79 Å². The standard InChI is InChI=1S/C34H49N7O13/c1-4-5-12-30(42)38(31(25(2)3)33(43)50-17-8-9-18-53-40(45)46)23-26-13-15-27(16-14-26)28-10-6-7-11-29(28)32(35)37-39(36)24-52-34(44)51-21-19-49-20-22-54-41(47)48/h6-7,10-11,13-16,25,31H,4-5,8-9,12,17-24,36H2,1-3H3,(H2,35,37). The molecule has 2 aromatic rings. The Bertz CT molecular complexity index is 1530. The zero-order valence-electron chi connectivity index (χ0n) is 30.7. The molecule has 0 aliphatic heterocycles. The number of benzene rings is 2. The molecule has 0 saturated carbocycles. The van der Waals surface area contributed by atoms with Gasteiger partial charge in [0.15, 0.2) is 12.6 Å². The van der Waals surface area contributed by atoms with Gasteiger partial charge in [-0.3, -0.25) is 4.79 Å². The fourth-order valence-corrected chi connectivity index (χ4v) is 4.96. The molecule has 20 nitrogen and oxygen atoms in total. The Morgan fingerprint density at radius 1 is 0.833 bits per heavy atom. The van der Waals surface area contributed by atoms with E-state index in [1.54, 1.807) is 17.0 Å². The van der Waals surface area contributed by atoms with Crippen molar-refractivity contribution in [3.05, 3.63) is 79.9 Å². The Labute approximate surface area is 312 Å². The second-order valence-electron chi connectivity index (χ2n) is 12.0. The number of ether oxygens (including phenoxy) is 4. The molecule has 4 N–H and O–H groups in total. The number of hydrazone groups is 1. The van der Waals surface area contributed by atoms with Gasteiger partial charge >= 0.3 is 12.1 Å². The second-order valence-corrected chi connectivity index (χ2v) is 12.0. The van der Waals surface area contributed by atoms with Crippen LogP contribution in [0.25, 0.3) is 11.1 Å². The van der Waals surface area contributed by atoms with Crippen molar-refractivity contribution in [3.8, 4) is 11.1 Å². The summed E-state index contributed by atoms with van der Waals surface area (Å²) in [5.41, 5.74) is 9.08. The van der Waals surface area contributed by atoms with Crippen LogP contribution in [0.5, 0.6) is 0 Å². The van der Waals surface area contributed by atoms with Crippen molar-refractivity contribution in [3.63, 3.8) is 0 Å². The van der Waals surface area contributed by atoms with Gasteiger partial charge in [0.2, 0.25) is 5.91 Å². The zero-order valence-corrected chi connectivity index (χ0v) is 30.7. The molecule has 0 spiro atoms. The molecule has 0 aliphatic rings. The average molecular weight is 764 g/mol. The maximum Gasteiger partial charge on any atom is 0.510 e. The van der Waals surface area contributed by atoms with Crippen LogP contribution in [0.1, 0.15) is 64.0 Å². The minimum atomic E-state index is -1.05. The van der Waals surface area contributed by atoms with Gasteiger partial charge < -0.3 is 39.3 Å². The Balaban J connectivity index is 2.09. The summed E-state index contributed by atoms with van der Waals surface area (Å²) < 4.78 is 20.3. The predicted octanol–water partition coefficient (Wildman–Crippen LogP) is 3.56. The van der Waals surface area contributed by atoms with E-state index < -0.39 is 35.1 Å². The Morgan fingerprint density at radius 3 is 2.15 bits per heavy atom. The summed E-state index contributed by atoms with van der Waals surface area (Å²) in [7, 11) is 0. The van der Waals surface area contributed by atoms with E-state index in [1.165, 1.54) is 0 Å². The molecular formula is C34H49N7O13. The summed E-state index contributed by atoms with van der Waals surface area (Å²) in [5, 5.41) is 23.5. The number of hydrogen-bond donors (Lipinski definition) is 2. The first-order valence-corrected chi connectivity index (χ1v) is 17.3. The fraction of sp³-hybridized carbons (Fsp3) is 0.529. The first kappa shape index (κ1) is 44.4. The Morgan fingerprint density at radius 2 is 1.48 bits per heavy atom. The third-order valence-corrected chi connectivity index (χ3v) is 7.50. The zero-order chi connectivity index (χ0) is 39.9. The van der Waals surface area contributed by atoms with E-state index >= 15 is 0 Å². The Kier molecular flexibility index (Phi) is 20.1. The first-order chi connectivity index (χ1) is 25.8. The molecule has 1 amide bonds. The number of rotatable bonds is 26. The molecule has 298 valence electrons. The maximum absolute atomic E-state index is 13.5. The molecule has 0 heterocycles. The van der Waals surface area contributed by atoms with Crippen molar-refractivity contribution in [1.29, 1.82) is 0 Å². The number of carbonyl (C=O) groups is 3. The smallest absolute Gasteiger partial charge is 0.464 e. The van der Waals surface area contributed by atoms with Crippen molar-refractivity contribution in [2.45, 2.75) is 65.5 Å². The molecule has 0 bridgehead atoms. The van der Waals surface area contributed by atoms with Gasteiger partial charge in [-0.15, -0.1) is 25.3 Å². The lowest BCUT2D eigenvalue weighted by molar-refractivity contribution is -0.758. The van der Waals surface area contributed by atoms with E-state index in [2.05, 4.69) is 14.8 Å². The van der Waals surface area contributed by atoms with Gasteiger partial charge in [0.25, 0.3) is 10.2 Å². The van der Waals surface area contributed by atoms with Crippen molar-refractivity contribution >= 4 is 23.9 Å². The molecule has 1 unspecified atom stereocenters. The van der Waals surface area contributed by atoms with Gasteiger partial charge in [-0.1, -0.05) is 75.7 Å². The number of unbranched alkanes of at least 4 members (excludes halogenated alkanes) is 2. The van der Waals surface area contributed by atoms with Crippen LogP contribution in [0, 0.1) is 26.1 Å². The van der Waals surface area contributed by atoms with E-state index in [-0.39, 0.29) is 70.3 Å². The van der Waals surface area contributed by atoms with Crippen LogP contribution in [0.15, 0.2) is 53.6 Å². The minimum Gasteiger partial charge on any atom is -0.464 e. The third kappa shape index (κ3) is 16.7. The molecule has 2 aromatic carbocycles. The van der Waals surface area contributed by atoms with E-state index in [0.717, 1.165) is 22.7 Å². The summed E-state index contributed by atoms with van der Waals surface area (Å²) in [5.74, 6) is 4.91. The van der Waals surface area contributed by atoms with Crippen LogP contribution < -0.4 is 11.6 Å². The summed E-state index contributed by atoms with van der Waals surface area (Å²) in [6, 6.07) is 13.7. The fourth-order valence-electron chi connectivity index (χ4n) is 4.96. The molecule has 0 radical (unpaired) electrons. The molecule has 20 heteroatoms. The number of carbonyl (C=O) groups excluding carboxylic acids is 3. The number of hydrogen-bond acceptors (Lipinski definition) is 16. The highest BCUT2D eigenvalue weighted by Crippen LogP contribution is 2.26. The van der Waals surface area contributed by atoms with Gasteiger partial charge in [0.1, 0.15) is 19.3 Å². The number of hydrazine groups is 1. The van der Waals surface area contributed by atoms with Gasteiger partial charge in [-0.05, 0) is 41.9 Å². The molecule has 0 fully saturated rings. The van der Waals surface area contributed by atoms with E-state index in [4.69, 9.17) is 30.5 Å². The van der Waals surface area contributed by atoms with Gasteiger partial charge in [-0.25, -0.2) is 15.4 Å². The van der Waals surface area contributed by atoms with Crippen molar-refractivity contribution in [1.82, 2.24) is 10.0 Å². The summed E-state index contributed by atoms with van der Waals surface area (Å²) in [6.45, 7) is 4.70. The number of amidine groups is 1. The topological polar surface area (TPSA) is 264 Å². The van der Waals surface area contributed by atoms with Gasteiger partial charge in [0.05, 0.1) is 26.4 Å². The van der Waals surface area contributed by atoms with Crippen LogP contribution in [-0.2, 0) is 44.8 Å². The maximum atomic E-state index is 13.5. The SMILES string of the molecule is CCCCC(=O)N(Cc1ccc(-c2ccccc2/C(N)=N/N(N)COC(=O)OCCOCCO[N+](=O)[O-])cc1)C(C(=O)OCCCCO[N+](=O)[O-])C(C)C. The summed E-state index contributed by atoms with van der Waals surface area (Å²) in [6.07, 6.45) is 1.37. The molecule has 0 saturated heterocycles. The average Bonchev–Trinajstić information content (AvgIpc) is 3.13. The molecule has 54 heavy (non-hydrogen) atoms. The molecule has 2 rings (SSSR count). The second kappa shape index (κ2) is 24.5. The number of nitrogens with zero attached hydrogens (tertiary/aromatic N) is 5. The lowest BCUT2D eigenvalue weighted by Gasteiger charge is -2.33. The highest BCUT2D eigenvalue weighted by atomic mass is 17.0. The highest BCUT2D eigenvalue weighted by Gasteiger charge is 2.33. The van der Waals surface area contributed by atoms with Crippen molar-refractivity contribution in [2.75, 3.05) is 46.4 Å². The number of nitrogens with two attached hydrogens (primary N) is 2. The van der Waals surface area contributed by atoms with E-state index in [0.29, 0.717) is 30.4 Å². The van der Waals surface area contributed by atoms with E-state index in [9.17, 15) is 34.6 Å². The quantitative estimate of drug-likeness (QED) is 0.0203. The van der Waals surface area contributed by atoms with Crippen LogP contribution >= 0.6 is 0 Å².